The van der Waals surface area contributed by atoms with E-state index < -0.39 is 5.91 Å². The lowest BCUT2D eigenvalue weighted by Gasteiger charge is -2.38. The minimum absolute atomic E-state index is 0.451. The normalized spacial score (nSPS) is 19.2. The fourth-order valence-electron chi connectivity index (χ4n) is 4.80. The number of hydrogen-bond donors (Lipinski definition) is 2. The lowest BCUT2D eigenvalue weighted by molar-refractivity contribution is 0.100. The summed E-state index contributed by atoms with van der Waals surface area (Å²) in [5.41, 5.74) is 9.45. The third kappa shape index (κ3) is 3.54. The van der Waals surface area contributed by atoms with E-state index in [2.05, 4.69) is 39.6 Å². The van der Waals surface area contributed by atoms with Crippen LogP contribution < -0.4 is 11.1 Å². The van der Waals surface area contributed by atoms with Crippen molar-refractivity contribution in [2.24, 2.45) is 11.1 Å². The first-order valence-electron chi connectivity index (χ1n) is 10.4. The van der Waals surface area contributed by atoms with Gasteiger partial charge in [0, 0.05) is 24.7 Å². The summed E-state index contributed by atoms with van der Waals surface area (Å²) in [7, 11) is 0. The number of likely N-dealkylation sites (tertiary alicyclic amines) is 1. The highest BCUT2D eigenvalue weighted by Gasteiger charge is 2.36. The third-order valence-electron chi connectivity index (χ3n) is 6.66. The van der Waals surface area contributed by atoms with Crippen molar-refractivity contribution in [1.82, 2.24) is 20.0 Å². The largest absolute Gasteiger partial charge is 0.366 e. The van der Waals surface area contributed by atoms with E-state index in [1.54, 1.807) is 6.07 Å². The van der Waals surface area contributed by atoms with Crippen molar-refractivity contribution in [3.63, 3.8) is 0 Å². The number of amides is 1. The smallest absolute Gasteiger partial charge is 0.250 e. The maximum absolute atomic E-state index is 11.6. The molecule has 1 aromatic heterocycles. The predicted octanol–water partition coefficient (Wildman–Crippen LogP) is 2.70. The zero-order valence-corrected chi connectivity index (χ0v) is 16.6. The molecule has 3 heterocycles. The van der Waals surface area contributed by atoms with Crippen LogP contribution in [0.4, 0.5) is 0 Å². The van der Waals surface area contributed by atoms with E-state index in [1.807, 2.05) is 23.0 Å². The second-order valence-corrected chi connectivity index (χ2v) is 8.55. The summed E-state index contributed by atoms with van der Waals surface area (Å²) in [5.74, 6) is -0.451. The lowest BCUT2D eigenvalue weighted by Crippen LogP contribution is -2.40. The van der Waals surface area contributed by atoms with E-state index in [-0.39, 0.29) is 0 Å². The summed E-state index contributed by atoms with van der Waals surface area (Å²) in [4.78, 5) is 14.2. The highest BCUT2D eigenvalue weighted by atomic mass is 16.1. The average molecular weight is 390 g/mol. The Kier molecular flexibility index (Phi) is 4.60. The van der Waals surface area contributed by atoms with Crippen molar-refractivity contribution in [2.75, 3.05) is 26.2 Å². The molecule has 0 bridgehead atoms. The number of carbonyl (C=O) groups is 1. The van der Waals surface area contributed by atoms with Crippen molar-refractivity contribution < 1.29 is 4.79 Å². The third-order valence-corrected chi connectivity index (χ3v) is 6.66. The van der Waals surface area contributed by atoms with Gasteiger partial charge >= 0.3 is 0 Å². The van der Waals surface area contributed by atoms with Crippen LogP contribution in [-0.2, 0) is 6.54 Å². The minimum Gasteiger partial charge on any atom is -0.366 e. The number of nitrogens with one attached hydrogen (secondary N) is 1. The maximum Gasteiger partial charge on any atom is 0.250 e. The van der Waals surface area contributed by atoms with Gasteiger partial charge in [0.25, 0.3) is 5.91 Å². The highest BCUT2D eigenvalue weighted by Crippen LogP contribution is 2.37. The van der Waals surface area contributed by atoms with Crippen LogP contribution in [0.3, 0.4) is 0 Å². The summed E-state index contributed by atoms with van der Waals surface area (Å²) in [5, 5.41) is 9.04. The molecule has 0 unspecified atom stereocenters. The minimum atomic E-state index is -0.451. The number of primary amides is 1. The van der Waals surface area contributed by atoms with Crippen LogP contribution in [0.15, 0.2) is 48.7 Å². The van der Waals surface area contributed by atoms with Gasteiger partial charge in [-0.2, -0.15) is 5.10 Å². The molecular formula is C23H27N5O. The number of aromatic nitrogens is 2. The molecule has 2 fully saturated rings. The number of fused-ring (bicyclic) bond motifs is 1. The Balaban J connectivity index is 1.29. The molecule has 2 aliphatic rings. The van der Waals surface area contributed by atoms with E-state index in [4.69, 9.17) is 5.73 Å². The average Bonchev–Trinajstić information content (AvgIpc) is 3.37. The fourth-order valence-corrected chi connectivity index (χ4v) is 4.80. The first-order valence-corrected chi connectivity index (χ1v) is 10.4. The number of benzene rings is 2. The first-order chi connectivity index (χ1) is 14.1. The van der Waals surface area contributed by atoms with Crippen molar-refractivity contribution in [2.45, 2.75) is 25.8 Å². The van der Waals surface area contributed by atoms with Gasteiger partial charge in [0.15, 0.2) is 0 Å². The molecule has 6 nitrogen and oxygen atoms in total. The number of hydrogen-bond acceptors (Lipinski definition) is 4. The van der Waals surface area contributed by atoms with Crippen molar-refractivity contribution >= 4 is 16.8 Å². The Morgan fingerprint density at radius 2 is 1.90 bits per heavy atom. The van der Waals surface area contributed by atoms with Crippen molar-refractivity contribution in [3.8, 4) is 5.69 Å². The van der Waals surface area contributed by atoms with Gasteiger partial charge in [-0.05, 0) is 68.1 Å². The van der Waals surface area contributed by atoms with Gasteiger partial charge in [0.05, 0.1) is 11.3 Å². The van der Waals surface area contributed by atoms with E-state index in [1.165, 1.54) is 51.0 Å². The molecule has 3 N–H and O–H groups in total. The van der Waals surface area contributed by atoms with E-state index in [0.29, 0.717) is 16.5 Å². The number of nitrogens with zero attached hydrogens (tertiary/aromatic N) is 3. The standard InChI is InChI=1S/C23H27N5O/c24-22(29)20-3-1-2-18-15-28(26-21(18)20)19-6-4-17(5-7-19)14-27-12-9-23(10-13-27)8-11-25-16-23/h1-7,15,25H,8-14,16H2,(H2,24,29). The molecule has 1 spiro atoms. The van der Waals surface area contributed by atoms with Crippen molar-refractivity contribution in [3.05, 3.63) is 59.8 Å². The Labute approximate surface area is 170 Å². The number of nitrogens with two attached hydrogens (primary N) is 1. The molecule has 2 saturated heterocycles. The Hall–Kier alpha value is -2.70. The Bertz CT molecular complexity index is 1020. The molecule has 29 heavy (non-hydrogen) atoms. The number of piperidine rings is 1. The van der Waals surface area contributed by atoms with Gasteiger partial charge in [-0.25, -0.2) is 4.68 Å². The van der Waals surface area contributed by atoms with Gasteiger partial charge in [0.1, 0.15) is 5.52 Å². The Morgan fingerprint density at radius 3 is 2.59 bits per heavy atom. The topological polar surface area (TPSA) is 76.2 Å². The van der Waals surface area contributed by atoms with Crippen LogP contribution in [0.5, 0.6) is 0 Å². The monoisotopic (exact) mass is 389 g/mol. The Morgan fingerprint density at radius 1 is 1.10 bits per heavy atom. The molecular weight excluding hydrogens is 362 g/mol. The molecule has 2 aromatic carbocycles. The van der Waals surface area contributed by atoms with Gasteiger partial charge in [-0.15, -0.1) is 0 Å². The van der Waals surface area contributed by atoms with Crippen LogP contribution >= 0.6 is 0 Å². The lowest BCUT2D eigenvalue weighted by atomic mass is 9.78. The molecule has 0 aliphatic carbocycles. The van der Waals surface area contributed by atoms with Crippen LogP contribution in [0.25, 0.3) is 16.6 Å². The van der Waals surface area contributed by atoms with Crippen LogP contribution in [0.1, 0.15) is 35.2 Å². The number of carbonyl (C=O) groups excluding carboxylic acids is 1. The molecule has 0 atom stereocenters. The molecule has 0 radical (unpaired) electrons. The zero-order chi connectivity index (χ0) is 19.8. The quantitative estimate of drug-likeness (QED) is 0.719. The number of rotatable bonds is 4. The SMILES string of the molecule is NC(=O)c1cccc2cn(-c3ccc(CN4CCC5(CCNC5)CC4)cc3)nc12. The van der Waals surface area contributed by atoms with E-state index >= 15 is 0 Å². The molecule has 5 rings (SSSR count). The molecule has 0 saturated carbocycles. The summed E-state index contributed by atoms with van der Waals surface area (Å²) in [6, 6.07) is 14.0. The van der Waals surface area contributed by atoms with Crippen LogP contribution in [0.2, 0.25) is 0 Å². The summed E-state index contributed by atoms with van der Waals surface area (Å²) in [6.45, 7) is 5.75. The summed E-state index contributed by atoms with van der Waals surface area (Å²) >= 11 is 0. The van der Waals surface area contributed by atoms with Gasteiger partial charge in [-0.1, -0.05) is 24.3 Å². The molecule has 1 amide bonds. The zero-order valence-electron chi connectivity index (χ0n) is 16.6. The van der Waals surface area contributed by atoms with E-state index in [9.17, 15) is 4.79 Å². The van der Waals surface area contributed by atoms with Crippen LogP contribution in [-0.4, -0.2) is 46.8 Å². The predicted molar refractivity (Wildman–Crippen MR) is 114 cm³/mol. The molecule has 3 aromatic rings. The second kappa shape index (κ2) is 7.28. The summed E-state index contributed by atoms with van der Waals surface area (Å²) < 4.78 is 1.82. The first kappa shape index (κ1) is 18.3. The molecule has 150 valence electrons. The molecule has 2 aliphatic heterocycles. The van der Waals surface area contributed by atoms with Crippen molar-refractivity contribution in [1.29, 1.82) is 0 Å². The second-order valence-electron chi connectivity index (χ2n) is 8.55. The van der Waals surface area contributed by atoms with Gasteiger partial charge < -0.3 is 11.1 Å². The van der Waals surface area contributed by atoms with Gasteiger partial charge in [0.2, 0.25) is 0 Å². The highest BCUT2D eigenvalue weighted by molar-refractivity contribution is 6.04. The molecule has 6 heteroatoms. The maximum atomic E-state index is 11.6. The fraction of sp³-hybridized carbons (Fsp3) is 0.391. The van der Waals surface area contributed by atoms with Crippen LogP contribution in [0, 0.1) is 5.41 Å². The van der Waals surface area contributed by atoms with Gasteiger partial charge in [-0.3, -0.25) is 9.69 Å². The van der Waals surface area contributed by atoms with E-state index in [0.717, 1.165) is 17.6 Å². The summed E-state index contributed by atoms with van der Waals surface area (Å²) in [6.07, 6.45) is 5.89.